The van der Waals surface area contributed by atoms with Crippen LogP contribution in [-0.2, 0) is 9.53 Å². The van der Waals surface area contributed by atoms with Crippen molar-refractivity contribution >= 4 is 28.7 Å². The van der Waals surface area contributed by atoms with Crippen LogP contribution in [-0.4, -0.2) is 30.6 Å². The van der Waals surface area contributed by atoms with E-state index in [-0.39, 0.29) is 11.7 Å². The normalized spacial score (nSPS) is 11.5. The molecule has 8 nitrogen and oxygen atoms in total. The van der Waals surface area contributed by atoms with Gasteiger partial charge >= 0.3 is 5.97 Å². The van der Waals surface area contributed by atoms with Crippen LogP contribution in [0.25, 0.3) is 0 Å². The van der Waals surface area contributed by atoms with Crippen molar-refractivity contribution < 1.29 is 14.5 Å². The monoisotopic (exact) mass is 412 g/mol. The summed E-state index contributed by atoms with van der Waals surface area (Å²) in [6.07, 6.45) is 0.735. The molecule has 0 fully saturated rings. The lowest BCUT2D eigenvalue weighted by Gasteiger charge is -2.25. The smallest absolute Gasteiger partial charge is 0.311 e. The Morgan fingerprint density at radius 2 is 1.57 bits per heavy atom. The molecule has 0 atom stereocenters. The third kappa shape index (κ3) is 6.37. The number of likely N-dealkylation sites (N-methyl/N-ethyl adjacent to an activating group) is 1. The predicted octanol–water partition coefficient (Wildman–Crippen LogP) is 5.82. The van der Waals surface area contributed by atoms with E-state index >= 15 is 0 Å². The first-order valence-corrected chi connectivity index (χ1v) is 9.95. The molecule has 0 saturated carbocycles. The maximum Gasteiger partial charge on any atom is 0.311 e. The topological polar surface area (TPSA) is 97.4 Å². The Balaban J connectivity index is 1.94. The number of non-ortho nitro benzene ring substituents is 1. The minimum atomic E-state index is -0.465. The van der Waals surface area contributed by atoms with Gasteiger partial charge < -0.3 is 9.64 Å². The molecule has 0 heterocycles. The van der Waals surface area contributed by atoms with Gasteiger partial charge in [0.1, 0.15) is 6.61 Å². The molecule has 0 aliphatic carbocycles. The first-order chi connectivity index (χ1) is 14.3. The summed E-state index contributed by atoms with van der Waals surface area (Å²) in [5.41, 5.74) is 1.76. The molecule has 2 aromatic carbocycles. The summed E-state index contributed by atoms with van der Waals surface area (Å²) in [5, 5.41) is 19.0. The number of carbonyl (C=O) groups excluding carboxylic acids is 1. The van der Waals surface area contributed by atoms with E-state index in [1.54, 1.807) is 12.1 Å². The van der Waals surface area contributed by atoms with Gasteiger partial charge in [0, 0.05) is 24.4 Å². The molecule has 0 bridgehead atoms. The Hall–Kier alpha value is -3.29. The van der Waals surface area contributed by atoms with Gasteiger partial charge in [-0.05, 0) is 63.6 Å². The summed E-state index contributed by atoms with van der Waals surface area (Å²) < 4.78 is 5.43. The molecule has 2 rings (SSSR count). The second-order valence-corrected chi connectivity index (χ2v) is 7.44. The van der Waals surface area contributed by atoms with Crippen LogP contribution in [0.2, 0.25) is 0 Å². The maximum absolute atomic E-state index is 12.1. The van der Waals surface area contributed by atoms with Gasteiger partial charge in [0.05, 0.1) is 28.3 Å². The lowest BCUT2D eigenvalue weighted by atomic mass is 9.91. The van der Waals surface area contributed by atoms with E-state index in [4.69, 9.17) is 4.74 Å². The molecule has 0 aliphatic heterocycles. The van der Waals surface area contributed by atoms with E-state index in [0.29, 0.717) is 24.5 Å². The SMILES string of the molecule is CCN(CCOC(=O)C(C)(C)CC)c1ccc(/N=N/c2ccc([N+](=O)[O-])cc2)cc1. The van der Waals surface area contributed by atoms with Crippen molar-refractivity contribution in [3.63, 3.8) is 0 Å². The summed E-state index contributed by atoms with van der Waals surface area (Å²) in [6, 6.07) is 13.5. The molecule has 0 aliphatic rings. The summed E-state index contributed by atoms with van der Waals surface area (Å²) in [6.45, 7) is 9.50. The van der Waals surface area contributed by atoms with Crippen molar-refractivity contribution in [2.75, 3.05) is 24.6 Å². The number of carbonyl (C=O) groups is 1. The Labute approximate surface area is 176 Å². The molecule has 0 amide bonds. The minimum absolute atomic E-state index is 0.0156. The van der Waals surface area contributed by atoms with E-state index in [0.717, 1.165) is 18.7 Å². The molecular weight excluding hydrogens is 384 g/mol. The van der Waals surface area contributed by atoms with E-state index in [1.807, 2.05) is 52.0 Å². The summed E-state index contributed by atoms with van der Waals surface area (Å²) in [4.78, 5) is 24.4. The van der Waals surface area contributed by atoms with E-state index in [2.05, 4.69) is 15.1 Å². The number of nitro groups is 1. The lowest BCUT2D eigenvalue weighted by molar-refractivity contribution is -0.384. The molecule has 0 saturated heterocycles. The number of azo groups is 1. The third-order valence-corrected chi connectivity index (χ3v) is 4.97. The Morgan fingerprint density at radius 3 is 2.03 bits per heavy atom. The number of rotatable bonds is 10. The summed E-state index contributed by atoms with van der Waals surface area (Å²) in [5.74, 6) is -0.178. The fourth-order valence-electron chi connectivity index (χ4n) is 2.54. The van der Waals surface area contributed by atoms with Crippen molar-refractivity contribution in [2.45, 2.75) is 34.1 Å². The van der Waals surface area contributed by atoms with Crippen molar-refractivity contribution in [2.24, 2.45) is 15.6 Å². The van der Waals surface area contributed by atoms with Gasteiger partial charge in [-0.25, -0.2) is 0 Å². The lowest BCUT2D eigenvalue weighted by Crippen LogP contribution is -2.31. The molecular formula is C22H28N4O4. The van der Waals surface area contributed by atoms with Crippen LogP contribution in [0.4, 0.5) is 22.7 Å². The molecule has 0 unspecified atom stereocenters. The van der Waals surface area contributed by atoms with Crippen molar-refractivity contribution in [1.82, 2.24) is 0 Å². The number of hydrogen-bond acceptors (Lipinski definition) is 7. The zero-order valence-corrected chi connectivity index (χ0v) is 17.9. The van der Waals surface area contributed by atoms with Crippen molar-refractivity contribution in [3.05, 3.63) is 58.6 Å². The van der Waals surface area contributed by atoms with Crippen LogP contribution in [0, 0.1) is 15.5 Å². The van der Waals surface area contributed by atoms with Crippen LogP contribution < -0.4 is 4.90 Å². The van der Waals surface area contributed by atoms with Gasteiger partial charge in [-0.1, -0.05) is 6.92 Å². The number of ether oxygens (including phenoxy) is 1. The predicted molar refractivity (Wildman–Crippen MR) is 117 cm³/mol. The Kier molecular flexibility index (Phi) is 8.03. The molecule has 8 heteroatoms. The maximum atomic E-state index is 12.1. The number of hydrogen-bond donors (Lipinski definition) is 0. The van der Waals surface area contributed by atoms with Gasteiger partial charge in [-0.2, -0.15) is 10.2 Å². The molecule has 0 aromatic heterocycles. The highest BCUT2D eigenvalue weighted by atomic mass is 16.6. The van der Waals surface area contributed by atoms with E-state index in [1.165, 1.54) is 12.1 Å². The zero-order chi connectivity index (χ0) is 22.1. The average Bonchev–Trinajstić information content (AvgIpc) is 2.75. The van der Waals surface area contributed by atoms with Crippen LogP contribution in [0.5, 0.6) is 0 Å². The van der Waals surface area contributed by atoms with Gasteiger partial charge in [-0.15, -0.1) is 0 Å². The Bertz CT molecular complexity index is 877. The fraction of sp³-hybridized carbons (Fsp3) is 0.409. The van der Waals surface area contributed by atoms with E-state index < -0.39 is 10.3 Å². The summed E-state index contributed by atoms with van der Waals surface area (Å²) >= 11 is 0. The van der Waals surface area contributed by atoms with Crippen LogP contribution >= 0.6 is 0 Å². The van der Waals surface area contributed by atoms with Gasteiger partial charge in [0.2, 0.25) is 0 Å². The molecule has 30 heavy (non-hydrogen) atoms. The third-order valence-electron chi connectivity index (χ3n) is 4.97. The number of nitrogens with zero attached hydrogens (tertiary/aromatic N) is 4. The number of benzene rings is 2. The largest absolute Gasteiger partial charge is 0.463 e. The molecule has 0 N–H and O–H groups in total. The van der Waals surface area contributed by atoms with Gasteiger partial charge in [0.25, 0.3) is 5.69 Å². The molecule has 2 aromatic rings. The van der Waals surface area contributed by atoms with Crippen LogP contribution in [0.15, 0.2) is 58.8 Å². The number of anilines is 1. The molecule has 160 valence electrons. The van der Waals surface area contributed by atoms with Crippen molar-refractivity contribution in [1.29, 1.82) is 0 Å². The number of esters is 1. The van der Waals surface area contributed by atoms with Gasteiger partial charge in [-0.3, -0.25) is 14.9 Å². The minimum Gasteiger partial charge on any atom is -0.463 e. The van der Waals surface area contributed by atoms with E-state index in [9.17, 15) is 14.9 Å². The zero-order valence-electron chi connectivity index (χ0n) is 17.9. The molecule has 0 spiro atoms. The van der Waals surface area contributed by atoms with Crippen LogP contribution in [0.3, 0.4) is 0 Å². The van der Waals surface area contributed by atoms with Gasteiger partial charge in [0.15, 0.2) is 0 Å². The quantitative estimate of drug-likeness (QED) is 0.212. The number of nitro benzene ring substituents is 1. The second-order valence-electron chi connectivity index (χ2n) is 7.44. The highest BCUT2D eigenvalue weighted by Gasteiger charge is 2.26. The molecule has 0 radical (unpaired) electrons. The first-order valence-electron chi connectivity index (χ1n) is 9.95. The first kappa shape index (κ1) is 23.0. The standard InChI is InChI=1S/C22H28N4O4/c1-5-22(3,4)21(27)30-16-15-25(6-2)19-11-7-17(8-12-19)23-24-18-9-13-20(14-10-18)26(28)29/h7-14H,5-6,15-16H2,1-4H3/b24-23+. The average molecular weight is 412 g/mol. The Morgan fingerprint density at radius 1 is 1.03 bits per heavy atom. The summed E-state index contributed by atoms with van der Waals surface area (Å²) in [7, 11) is 0. The highest BCUT2D eigenvalue weighted by Crippen LogP contribution is 2.24. The van der Waals surface area contributed by atoms with Crippen molar-refractivity contribution in [3.8, 4) is 0 Å². The highest BCUT2D eigenvalue weighted by molar-refractivity contribution is 5.75. The van der Waals surface area contributed by atoms with Crippen LogP contribution in [0.1, 0.15) is 34.1 Å². The fourth-order valence-corrected chi connectivity index (χ4v) is 2.54. The second kappa shape index (κ2) is 10.5.